The van der Waals surface area contributed by atoms with Gasteiger partial charge in [-0.15, -0.1) is 0 Å². The summed E-state index contributed by atoms with van der Waals surface area (Å²) in [5, 5.41) is 9.94. The molecular weight excluding hydrogens is 490 g/mol. The number of hydrogen-bond acceptors (Lipinski definition) is 5. The summed E-state index contributed by atoms with van der Waals surface area (Å²) < 4.78 is 5.41. The van der Waals surface area contributed by atoms with Gasteiger partial charge in [-0.1, -0.05) is 53.2 Å². The van der Waals surface area contributed by atoms with Crippen molar-refractivity contribution in [1.82, 2.24) is 0 Å². The molecule has 8 atom stereocenters. The minimum Gasteiger partial charge on any atom is -0.469 e. The SMILES string of the molecule is [C-]#[N+]C1=C[C@]2(C)C3=CC(=O)[C@@H]4[C@@H]5CC(C)(C)CC[C@]5(C(=O)OC)CC[C@@]4(C)[C@]3(C)CC[C@H]2[C@](C)(CCO)C1=O. The summed E-state index contributed by atoms with van der Waals surface area (Å²) in [6.07, 6.45) is 9.61. The number of carbonyl (C=O) groups is 3. The second-order valence-electron chi connectivity index (χ2n) is 15.0. The Morgan fingerprint density at radius 1 is 1.08 bits per heavy atom. The zero-order valence-electron chi connectivity index (χ0n) is 24.8. The lowest BCUT2D eigenvalue weighted by Crippen LogP contribution is -2.66. The number of allylic oxidation sites excluding steroid dienone is 4. The molecular formula is C33H45NO5. The molecule has 6 nitrogen and oxygen atoms in total. The first-order valence-electron chi connectivity index (χ1n) is 14.7. The number of aliphatic hydroxyl groups excluding tert-OH is 1. The van der Waals surface area contributed by atoms with Gasteiger partial charge in [0.25, 0.3) is 0 Å². The fourth-order valence-electron chi connectivity index (χ4n) is 10.5. The number of esters is 1. The van der Waals surface area contributed by atoms with Gasteiger partial charge in [0.15, 0.2) is 11.6 Å². The third-order valence-corrected chi connectivity index (χ3v) is 12.9. The van der Waals surface area contributed by atoms with Crippen molar-refractivity contribution in [2.75, 3.05) is 13.7 Å². The molecule has 0 saturated heterocycles. The standard InChI is InChI=1S/C33H45NO5/c1-28(2)11-13-33(27(38)39-8)14-12-32(6)25(20(33)18-28)22(36)17-24-30(4)19-21(34-7)26(37)29(3,15-16-35)23(30)9-10-31(24,32)5/h17,19-20,23,25,35H,9-16,18H2,1-6,8H3/t20-,23-,25-,29-,30-,31+,32+,33-/m0/s1. The molecule has 5 rings (SSSR count). The molecule has 5 aliphatic carbocycles. The molecule has 6 heteroatoms. The van der Waals surface area contributed by atoms with Crippen molar-refractivity contribution < 1.29 is 24.2 Å². The van der Waals surface area contributed by atoms with Crippen molar-refractivity contribution in [2.45, 2.75) is 92.9 Å². The summed E-state index contributed by atoms with van der Waals surface area (Å²) in [5.41, 5.74) is -1.62. The molecule has 0 spiro atoms. The molecule has 0 radical (unpaired) electrons. The number of hydrogen-bond donors (Lipinski definition) is 1. The number of rotatable bonds is 3. The monoisotopic (exact) mass is 535 g/mol. The van der Waals surface area contributed by atoms with Gasteiger partial charge in [-0.3, -0.25) is 9.59 Å². The average Bonchev–Trinajstić information content (AvgIpc) is 2.87. The van der Waals surface area contributed by atoms with Crippen molar-refractivity contribution in [1.29, 1.82) is 0 Å². The molecule has 0 aliphatic heterocycles. The van der Waals surface area contributed by atoms with Crippen LogP contribution < -0.4 is 0 Å². The van der Waals surface area contributed by atoms with E-state index in [1.54, 1.807) is 0 Å². The van der Waals surface area contributed by atoms with E-state index in [4.69, 9.17) is 11.3 Å². The Hall–Kier alpha value is -2.26. The summed E-state index contributed by atoms with van der Waals surface area (Å²) in [6.45, 7) is 20.8. The molecule has 0 bridgehead atoms. The molecule has 5 aliphatic rings. The van der Waals surface area contributed by atoms with E-state index in [2.05, 4.69) is 39.5 Å². The maximum Gasteiger partial charge on any atom is 0.312 e. The van der Waals surface area contributed by atoms with Gasteiger partial charge in [-0.25, -0.2) is 4.85 Å². The molecule has 0 aromatic heterocycles. The lowest BCUT2D eigenvalue weighted by Gasteiger charge is -2.69. The molecule has 0 heterocycles. The Balaban J connectivity index is 1.70. The number of nitrogens with zero attached hydrogens (tertiary/aromatic N) is 1. The first-order chi connectivity index (χ1) is 18.1. The summed E-state index contributed by atoms with van der Waals surface area (Å²) in [5.74, 6) is -0.730. The quantitative estimate of drug-likeness (QED) is 0.349. The van der Waals surface area contributed by atoms with Crippen LogP contribution in [0.1, 0.15) is 92.9 Å². The lowest BCUT2D eigenvalue weighted by atomic mass is 9.34. The Labute approximate surface area is 233 Å². The number of aliphatic hydroxyl groups is 1. The topological polar surface area (TPSA) is 85.0 Å². The van der Waals surface area contributed by atoms with Crippen LogP contribution in [0.3, 0.4) is 0 Å². The van der Waals surface area contributed by atoms with Crippen LogP contribution in [-0.2, 0) is 19.1 Å². The maximum atomic E-state index is 14.5. The van der Waals surface area contributed by atoms with E-state index in [-0.39, 0.29) is 63.8 Å². The van der Waals surface area contributed by atoms with Gasteiger partial charge in [0, 0.05) is 23.4 Å². The Morgan fingerprint density at radius 3 is 2.36 bits per heavy atom. The molecule has 0 unspecified atom stereocenters. The smallest absolute Gasteiger partial charge is 0.312 e. The van der Waals surface area contributed by atoms with E-state index in [9.17, 15) is 19.5 Å². The predicted octanol–water partition coefficient (Wildman–Crippen LogP) is 6.09. The Morgan fingerprint density at radius 2 is 1.74 bits per heavy atom. The van der Waals surface area contributed by atoms with E-state index in [0.717, 1.165) is 44.1 Å². The van der Waals surface area contributed by atoms with Gasteiger partial charge in [-0.05, 0) is 85.5 Å². The highest BCUT2D eigenvalue weighted by molar-refractivity contribution is 6.03. The van der Waals surface area contributed by atoms with Crippen LogP contribution in [0.4, 0.5) is 0 Å². The average molecular weight is 536 g/mol. The van der Waals surface area contributed by atoms with Crippen molar-refractivity contribution >= 4 is 17.5 Å². The number of ether oxygens (including phenoxy) is 1. The molecule has 0 aromatic rings. The Kier molecular flexibility index (Phi) is 6.25. The van der Waals surface area contributed by atoms with Gasteiger partial charge in [-0.2, -0.15) is 0 Å². The minimum absolute atomic E-state index is 0.0400. The summed E-state index contributed by atoms with van der Waals surface area (Å²) in [6, 6.07) is 0. The second kappa shape index (κ2) is 8.62. The van der Waals surface area contributed by atoms with Gasteiger partial charge in [0.05, 0.1) is 19.1 Å². The third-order valence-electron chi connectivity index (χ3n) is 12.9. The van der Waals surface area contributed by atoms with Crippen LogP contribution in [0.5, 0.6) is 0 Å². The fourth-order valence-corrected chi connectivity index (χ4v) is 10.5. The van der Waals surface area contributed by atoms with E-state index >= 15 is 0 Å². The first kappa shape index (κ1) is 28.3. The van der Waals surface area contributed by atoms with Crippen molar-refractivity contribution in [2.24, 2.45) is 50.2 Å². The molecule has 3 fully saturated rings. The second-order valence-corrected chi connectivity index (χ2v) is 15.0. The third kappa shape index (κ3) is 3.44. The normalized spacial score (nSPS) is 46.4. The van der Waals surface area contributed by atoms with Crippen LogP contribution in [0.25, 0.3) is 4.85 Å². The highest BCUT2D eigenvalue weighted by Gasteiger charge is 2.71. The number of fused-ring (bicyclic) bond motifs is 7. The van der Waals surface area contributed by atoms with Gasteiger partial charge in [0.2, 0.25) is 5.70 Å². The summed E-state index contributed by atoms with van der Waals surface area (Å²) in [7, 11) is 1.47. The molecule has 39 heavy (non-hydrogen) atoms. The molecule has 0 amide bonds. The van der Waals surface area contributed by atoms with Crippen LogP contribution in [-0.4, -0.2) is 36.4 Å². The van der Waals surface area contributed by atoms with Crippen LogP contribution in [0, 0.1) is 56.8 Å². The van der Waals surface area contributed by atoms with E-state index in [0.29, 0.717) is 12.8 Å². The first-order valence-corrected chi connectivity index (χ1v) is 14.7. The zero-order valence-corrected chi connectivity index (χ0v) is 24.8. The van der Waals surface area contributed by atoms with Crippen LogP contribution >= 0.6 is 0 Å². The van der Waals surface area contributed by atoms with Gasteiger partial charge < -0.3 is 14.6 Å². The maximum absolute atomic E-state index is 14.5. The largest absolute Gasteiger partial charge is 0.469 e. The highest BCUT2D eigenvalue weighted by Crippen LogP contribution is 2.74. The van der Waals surface area contributed by atoms with Crippen molar-refractivity contribution in [3.8, 4) is 0 Å². The van der Waals surface area contributed by atoms with Gasteiger partial charge in [0.1, 0.15) is 0 Å². The number of Topliss-reactive ketones (excluding diaryl/α,β-unsaturated/α-hetero) is 1. The minimum atomic E-state index is -0.860. The molecule has 1 N–H and O–H groups in total. The Bertz CT molecular complexity index is 1240. The van der Waals surface area contributed by atoms with Crippen LogP contribution in [0.15, 0.2) is 23.4 Å². The van der Waals surface area contributed by atoms with E-state index in [1.165, 1.54) is 7.11 Å². The summed E-state index contributed by atoms with van der Waals surface area (Å²) in [4.78, 5) is 45.0. The van der Waals surface area contributed by atoms with Crippen molar-refractivity contribution in [3.05, 3.63) is 34.8 Å². The fraction of sp³-hybridized carbons (Fsp3) is 0.758. The molecule has 212 valence electrons. The van der Waals surface area contributed by atoms with Crippen LogP contribution in [0.2, 0.25) is 0 Å². The number of methoxy groups -OCH3 is 1. The van der Waals surface area contributed by atoms with E-state index < -0.39 is 16.2 Å². The molecule has 3 saturated carbocycles. The zero-order chi connectivity index (χ0) is 28.8. The number of ketones is 2. The lowest BCUT2D eigenvalue weighted by molar-refractivity contribution is -0.191. The van der Waals surface area contributed by atoms with Crippen molar-refractivity contribution in [3.63, 3.8) is 0 Å². The van der Waals surface area contributed by atoms with E-state index in [1.807, 2.05) is 19.1 Å². The highest BCUT2D eigenvalue weighted by atomic mass is 16.5. The number of carbonyl (C=O) groups excluding carboxylic acids is 3. The van der Waals surface area contributed by atoms with Gasteiger partial charge >= 0.3 is 5.97 Å². The molecule has 0 aromatic carbocycles. The predicted molar refractivity (Wildman–Crippen MR) is 148 cm³/mol. The summed E-state index contributed by atoms with van der Waals surface area (Å²) >= 11 is 0.